The van der Waals surface area contributed by atoms with E-state index in [2.05, 4.69) is 10.4 Å². The number of rotatable bonds is 8. The minimum atomic E-state index is -1.22. The van der Waals surface area contributed by atoms with Crippen LogP contribution in [-0.4, -0.2) is 33.3 Å². The van der Waals surface area contributed by atoms with Crippen molar-refractivity contribution in [3.8, 4) is 5.69 Å². The predicted octanol–water partition coefficient (Wildman–Crippen LogP) is 3.60. The van der Waals surface area contributed by atoms with E-state index in [-0.39, 0.29) is 12.5 Å². The summed E-state index contributed by atoms with van der Waals surface area (Å²) < 4.78 is 1.77. The maximum absolute atomic E-state index is 12.9. The summed E-state index contributed by atoms with van der Waals surface area (Å²) in [6.45, 7) is 3.64. The predicted molar refractivity (Wildman–Crippen MR) is 111 cm³/mol. The molecule has 3 aromatic rings. The third-order valence-corrected chi connectivity index (χ3v) is 5.09. The van der Waals surface area contributed by atoms with Gasteiger partial charge in [-0.15, -0.1) is 0 Å². The van der Waals surface area contributed by atoms with Gasteiger partial charge in [-0.05, 0) is 31.0 Å². The number of benzene rings is 2. The van der Waals surface area contributed by atoms with E-state index in [1.165, 1.54) is 0 Å². The van der Waals surface area contributed by atoms with Gasteiger partial charge in [0.15, 0.2) is 0 Å². The van der Waals surface area contributed by atoms with E-state index in [0.29, 0.717) is 17.5 Å². The second-order valence-corrected chi connectivity index (χ2v) is 7.19. The van der Waals surface area contributed by atoms with Gasteiger partial charge in [-0.2, -0.15) is 5.10 Å². The Morgan fingerprint density at radius 3 is 2.28 bits per heavy atom. The Labute approximate surface area is 170 Å². The largest absolute Gasteiger partial charge is 0.481 e. The second kappa shape index (κ2) is 8.73. The van der Waals surface area contributed by atoms with E-state index in [1.807, 2.05) is 43.3 Å². The van der Waals surface area contributed by atoms with Crippen molar-refractivity contribution in [3.05, 3.63) is 83.7 Å². The average Bonchev–Trinajstić information content (AvgIpc) is 3.17. The van der Waals surface area contributed by atoms with Crippen LogP contribution in [0, 0.1) is 0 Å². The first kappa shape index (κ1) is 20.3. The third-order valence-electron chi connectivity index (χ3n) is 5.09. The Kier molecular flexibility index (Phi) is 6.12. The molecule has 0 saturated heterocycles. The molecule has 0 radical (unpaired) electrons. The number of para-hydroxylation sites is 1. The molecule has 0 spiro atoms. The molecule has 1 atom stereocenters. The summed E-state index contributed by atoms with van der Waals surface area (Å²) in [6.07, 6.45) is 3.09. The van der Waals surface area contributed by atoms with Crippen LogP contribution in [0.15, 0.2) is 66.9 Å². The third kappa shape index (κ3) is 4.21. The van der Waals surface area contributed by atoms with Gasteiger partial charge < -0.3 is 10.4 Å². The van der Waals surface area contributed by atoms with Crippen molar-refractivity contribution in [2.24, 2.45) is 0 Å². The van der Waals surface area contributed by atoms with Crippen LogP contribution in [0.25, 0.3) is 5.69 Å². The summed E-state index contributed by atoms with van der Waals surface area (Å²) in [5.74, 6) is -1.31. The molecule has 0 fully saturated rings. The van der Waals surface area contributed by atoms with Crippen LogP contribution in [0.2, 0.25) is 0 Å². The van der Waals surface area contributed by atoms with Gasteiger partial charge in [0, 0.05) is 6.54 Å². The lowest BCUT2D eigenvalue weighted by Crippen LogP contribution is -2.44. The lowest BCUT2D eigenvalue weighted by Gasteiger charge is -2.25. The van der Waals surface area contributed by atoms with Crippen molar-refractivity contribution in [2.75, 3.05) is 6.54 Å². The zero-order chi connectivity index (χ0) is 20.9. The van der Waals surface area contributed by atoms with Gasteiger partial charge in [-0.1, -0.05) is 61.9 Å². The minimum absolute atomic E-state index is 0.0206. The molecule has 0 saturated carbocycles. The zero-order valence-corrected chi connectivity index (χ0v) is 16.6. The molecule has 1 aromatic heterocycles. The number of nitrogens with zero attached hydrogens (tertiary/aromatic N) is 2. The maximum Gasteiger partial charge on any atom is 0.315 e. The molecular formula is C23H25N3O3. The van der Waals surface area contributed by atoms with E-state index >= 15 is 0 Å². The smallest absolute Gasteiger partial charge is 0.315 e. The van der Waals surface area contributed by atoms with Crippen LogP contribution in [0.1, 0.15) is 41.9 Å². The van der Waals surface area contributed by atoms with E-state index in [4.69, 9.17) is 0 Å². The van der Waals surface area contributed by atoms with E-state index in [9.17, 15) is 14.7 Å². The number of carbonyl (C=O) groups is 2. The molecule has 1 heterocycles. The van der Waals surface area contributed by atoms with Gasteiger partial charge in [0.1, 0.15) is 5.41 Å². The highest BCUT2D eigenvalue weighted by Crippen LogP contribution is 2.24. The van der Waals surface area contributed by atoms with Crippen molar-refractivity contribution in [1.29, 1.82) is 0 Å². The summed E-state index contributed by atoms with van der Waals surface area (Å²) in [5.41, 5.74) is 1.58. The van der Waals surface area contributed by atoms with Gasteiger partial charge in [0.2, 0.25) is 0 Å². The monoisotopic (exact) mass is 391 g/mol. The van der Waals surface area contributed by atoms with E-state index in [0.717, 1.165) is 17.8 Å². The van der Waals surface area contributed by atoms with Crippen LogP contribution in [0.4, 0.5) is 0 Å². The number of carboxylic acid groups (broad SMARTS) is 1. The van der Waals surface area contributed by atoms with Crippen molar-refractivity contribution < 1.29 is 14.7 Å². The summed E-state index contributed by atoms with van der Waals surface area (Å²) in [4.78, 5) is 24.9. The minimum Gasteiger partial charge on any atom is -0.481 e. The number of hydrogen-bond acceptors (Lipinski definition) is 3. The van der Waals surface area contributed by atoms with Crippen LogP contribution >= 0.6 is 0 Å². The molecule has 150 valence electrons. The average molecular weight is 391 g/mol. The van der Waals surface area contributed by atoms with Crippen molar-refractivity contribution in [3.63, 3.8) is 0 Å². The summed E-state index contributed by atoms with van der Waals surface area (Å²) in [7, 11) is 0. The van der Waals surface area contributed by atoms with Crippen molar-refractivity contribution in [1.82, 2.24) is 15.1 Å². The van der Waals surface area contributed by atoms with E-state index < -0.39 is 11.4 Å². The highest BCUT2D eigenvalue weighted by atomic mass is 16.4. The Balaban J connectivity index is 1.85. The van der Waals surface area contributed by atoms with Crippen molar-refractivity contribution in [2.45, 2.75) is 32.1 Å². The molecule has 0 bridgehead atoms. The fourth-order valence-corrected chi connectivity index (χ4v) is 3.29. The zero-order valence-electron chi connectivity index (χ0n) is 16.6. The number of carboxylic acids is 1. The van der Waals surface area contributed by atoms with Gasteiger partial charge in [-0.3, -0.25) is 9.59 Å². The fourth-order valence-electron chi connectivity index (χ4n) is 3.29. The van der Waals surface area contributed by atoms with Gasteiger partial charge in [-0.25, -0.2) is 4.68 Å². The standard InChI is InChI=1S/C23H25N3O3/c1-3-10-20-19(15-25-26(20)18-13-8-5-9-14-18)21(27)24-16-23(2,22(28)29)17-11-6-4-7-12-17/h4-9,11-15H,3,10,16H2,1-2H3,(H,24,27)(H,28,29). The Bertz CT molecular complexity index is 983. The maximum atomic E-state index is 12.9. The topological polar surface area (TPSA) is 84.2 Å². The molecule has 0 aliphatic rings. The van der Waals surface area contributed by atoms with Crippen LogP contribution < -0.4 is 5.32 Å². The lowest BCUT2D eigenvalue weighted by molar-refractivity contribution is -0.142. The van der Waals surface area contributed by atoms with Gasteiger partial charge >= 0.3 is 5.97 Å². The Hall–Kier alpha value is -3.41. The molecule has 0 aliphatic heterocycles. The quantitative estimate of drug-likeness (QED) is 0.615. The molecule has 1 unspecified atom stereocenters. The molecule has 29 heavy (non-hydrogen) atoms. The first-order valence-corrected chi connectivity index (χ1v) is 9.67. The number of aliphatic carboxylic acids is 1. The number of nitrogens with one attached hydrogen (secondary N) is 1. The number of amides is 1. The number of hydrogen-bond donors (Lipinski definition) is 2. The molecule has 2 N–H and O–H groups in total. The molecule has 0 aliphatic carbocycles. The molecule has 3 rings (SSSR count). The number of aromatic nitrogens is 2. The highest BCUT2D eigenvalue weighted by molar-refractivity contribution is 5.96. The van der Waals surface area contributed by atoms with E-state index in [1.54, 1.807) is 42.1 Å². The Morgan fingerprint density at radius 2 is 1.69 bits per heavy atom. The van der Waals surface area contributed by atoms with Gasteiger partial charge in [0.05, 0.1) is 23.1 Å². The SMILES string of the molecule is CCCc1c(C(=O)NCC(C)(C(=O)O)c2ccccc2)cnn1-c1ccccc1. The van der Waals surface area contributed by atoms with Crippen LogP contribution in [-0.2, 0) is 16.6 Å². The first-order chi connectivity index (χ1) is 14.0. The van der Waals surface area contributed by atoms with Crippen LogP contribution in [0.3, 0.4) is 0 Å². The van der Waals surface area contributed by atoms with Crippen LogP contribution in [0.5, 0.6) is 0 Å². The lowest BCUT2D eigenvalue weighted by atomic mass is 9.82. The first-order valence-electron chi connectivity index (χ1n) is 9.67. The summed E-state index contributed by atoms with van der Waals surface area (Å²) in [5, 5.41) is 17.0. The summed E-state index contributed by atoms with van der Waals surface area (Å²) in [6, 6.07) is 18.6. The molecule has 2 aromatic carbocycles. The highest BCUT2D eigenvalue weighted by Gasteiger charge is 2.36. The second-order valence-electron chi connectivity index (χ2n) is 7.19. The Morgan fingerprint density at radius 1 is 1.07 bits per heavy atom. The fraction of sp³-hybridized carbons (Fsp3) is 0.261. The van der Waals surface area contributed by atoms with Crippen molar-refractivity contribution >= 4 is 11.9 Å². The summed E-state index contributed by atoms with van der Waals surface area (Å²) >= 11 is 0. The van der Waals surface area contributed by atoms with Gasteiger partial charge in [0.25, 0.3) is 5.91 Å². The molecule has 6 nitrogen and oxygen atoms in total. The number of carbonyl (C=O) groups excluding carboxylic acids is 1. The molecule has 6 heteroatoms. The molecule has 1 amide bonds. The molecular weight excluding hydrogens is 366 g/mol. The normalized spacial score (nSPS) is 12.9.